The first kappa shape index (κ1) is 13.4. The predicted octanol–water partition coefficient (Wildman–Crippen LogP) is 3.35. The van der Waals surface area contributed by atoms with Crippen molar-refractivity contribution in [2.45, 2.75) is 26.8 Å². The van der Waals surface area contributed by atoms with Crippen molar-refractivity contribution in [3.05, 3.63) is 42.1 Å². The van der Waals surface area contributed by atoms with E-state index in [0.29, 0.717) is 5.69 Å². The third kappa shape index (κ3) is 2.55. The van der Waals surface area contributed by atoms with Gasteiger partial charge in [0.2, 0.25) is 0 Å². The summed E-state index contributed by atoms with van der Waals surface area (Å²) in [6.45, 7) is 9.85. The van der Waals surface area contributed by atoms with Crippen molar-refractivity contribution >= 4 is 22.4 Å². The number of aryl methyl sites for hydroxylation is 1. The van der Waals surface area contributed by atoms with Crippen LogP contribution in [0.1, 0.15) is 36.8 Å². The van der Waals surface area contributed by atoms with Crippen LogP contribution in [-0.4, -0.2) is 16.5 Å². The second-order valence-corrected chi connectivity index (χ2v) is 5.27. The molecule has 0 fully saturated rings. The molecule has 0 saturated carbocycles. The van der Waals surface area contributed by atoms with Crippen LogP contribution in [0.25, 0.3) is 16.5 Å². The first-order chi connectivity index (χ1) is 8.90. The molecule has 3 heteroatoms. The molecule has 0 radical (unpaired) electrons. The van der Waals surface area contributed by atoms with E-state index in [1.807, 2.05) is 50.6 Å². The number of carbonyl (C=O) groups excluding carboxylic acids is 1. The van der Waals surface area contributed by atoms with Gasteiger partial charge in [0, 0.05) is 24.0 Å². The third-order valence-electron chi connectivity index (χ3n) is 3.19. The van der Waals surface area contributed by atoms with Crippen LogP contribution >= 0.6 is 0 Å². The molecule has 2 aromatic rings. The zero-order valence-corrected chi connectivity index (χ0v) is 11.9. The lowest BCUT2D eigenvalue weighted by Gasteiger charge is -2.09. The van der Waals surface area contributed by atoms with Crippen molar-refractivity contribution in [2.75, 3.05) is 0 Å². The van der Waals surface area contributed by atoms with E-state index in [-0.39, 0.29) is 11.9 Å². The summed E-state index contributed by atoms with van der Waals surface area (Å²) in [6.07, 6.45) is 0. The fraction of sp³-hybridized carbons (Fsp3) is 0.312. The normalized spacial score (nSPS) is 11.0. The Hall–Kier alpha value is -2.03. The average molecular weight is 256 g/mol. The van der Waals surface area contributed by atoms with Crippen molar-refractivity contribution in [1.82, 2.24) is 9.88 Å². The van der Waals surface area contributed by atoms with Crippen LogP contribution in [0.15, 0.2) is 30.8 Å². The number of benzene rings is 1. The molecule has 2 rings (SSSR count). The molecule has 0 aliphatic rings. The van der Waals surface area contributed by atoms with Gasteiger partial charge in [-0.2, -0.15) is 0 Å². The Balaban J connectivity index is 2.50. The fourth-order valence-electron chi connectivity index (χ4n) is 2.17. The van der Waals surface area contributed by atoms with Crippen LogP contribution in [0.3, 0.4) is 0 Å². The number of allylic oxidation sites excluding steroid dienone is 1. The maximum absolute atomic E-state index is 12.1. The zero-order chi connectivity index (χ0) is 14.2. The number of rotatable bonds is 3. The Bertz CT molecular complexity index is 650. The van der Waals surface area contributed by atoms with E-state index in [1.165, 1.54) is 0 Å². The Morgan fingerprint density at radius 3 is 2.58 bits per heavy atom. The van der Waals surface area contributed by atoms with Gasteiger partial charge in [-0.05, 0) is 44.5 Å². The minimum Gasteiger partial charge on any atom is -0.349 e. The van der Waals surface area contributed by atoms with Crippen LogP contribution in [0.5, 0.6) is 0 Å². The Morgan fingerprint density at radius 1 is 1.32 bits per heavy atom. The molecule has 0 saturated heterocycles. The van der Waals surface area contributed by atoms with Gasteiger partial charge in [0.25, 0.3) is 5.91 Å². The predicted molar refractivity (Wildman–Crippen MR) is 80.2 cm³/mol. The highest BCUT2D eigenvalue weighted by Gasteiger charge is 2.14. The summed E-state index contributed by atoms with van der Waals surface area (Å²) >= 11 is 0. The van der Waals surface area contributed by atoms with Gasteiger partial charge in [-0.3, -0.25) is 4.79 Å². The van der Waals surface area contributed by atoms with Crippen LogP contribution < -0.4 is 5.32 Å². The number of aromatic nitrogens is 1. The largest absolute Gasteiger partial charge is 0.349 e. The second-order valence-electron chi connectivity index (χ2n) is 5.27. The van der Waals surface area contributed by atoms with Crippen LogP contribution in [-0.2, 0) is 7.05 Å². The number of nitrogens with one attached hydrogen (secondary N) is 1. The van der Waals surface area contributed by atoms with Gasteiger partial charge in [0.1, 0.15) is 5.69 Å². The molecule has 0 atom stereocenters. The van der Waals surface area contributed by atoms with Crippen molar-refractivity contribution in [3.63, 3.8) is 0 Å². The standard InChI is InChI=1S/C16H20N2O/c1-10(2)12-6-7-14-13(8-12)9-15(18(14)5)16(19)17-11(3)4/h6-9,11H,1H2,2-5H3,(H,17,19). The highest BCUT2D eigenvalue weighted by atomic mass is 16.2. The molecular formula is C16H20N2O. The molecular weight excluding hydrogens is 236 g/mol. The van der Waals surface area contributed by atoms with Gasteiger partial charge in [-0.25, -0.2) is 0 Å². The minimum absolute atomic E-state index is 0.0365. The summed E-state index contributed by atoms with van der Waals surface area (Å²) < 4.78 is 1.93. The summed E-state index contributed by atoms with van der Waals surface area (Å²) in [5, 5.41) is 3.99. The first-order valence-corrected chi connectivity index (χ1v) is 6.46. The molecule has 0 aliphatic heterocycles. The number of amides is 1. The molecule has 1 aromatic heterocycles. The Labute approximate surface area is 113 Å². The molecule has 1 N–H and O–H groups in total. The molecule has 0 aliphatic carbocycles. The number of hydrogen-bond acceptors (Lipinski definition) is 1. The lowest BCUT2D eigenvalue weighted by molar-refractivity contribution is 0.0935. The van der Waals surface area contributed by atoms with Gasteiger partial charge < -0.3 is 9.88 Å². The van der Waals surface area contributed by atoms with E-state index in [2.05, 4.69) is 18.0 Å². The molecule has 1 amide bonds. The molecule has 0 unspecified atom stereocenters. The van der Waals surface area contributed by atoms with E-state index in [0.717, 1.165) is 22.0 Å². The van der Waals surface area contributed by atoms with Crippen molar-refractivity contribution in [2.24, 2.45) is 7.05 Å². The zero-order valence-electron chi connectivity index (χ0n) is 11.9. The maximum atomic E-state index is 12.1. The molecule has 1 heterocycles. The van der Waals surface area contributed by atoms with E-state index in [9.17, 15) is 4.79 Å². The monoisotopic (exact) mass is 256 g/mol. The van der Waals surface area contributed by atoms with E-state index >= 15 is 0 Å². The highest BCUT2D eigenvalue weighted by Crippen LogP contribution is 2.23. The molecule has 100 valence electrons. The molecule has 0 bridgehead atoms. The van der Waals surface area contributed by atoms with Crippen molar-refractivity contribution in [1.29, 1.82) is 0 Å². The second kappa shape index (κ2) is 4.92. The van der Waals surface area contributed by atoms with Gasteiger partial charge in [0.15, 0.2) is 0 Å². The highest BCUT2D eigenvalue weighted by molar-refractivity contribution is 5.99. The summed E-state index contributed by atoms with van der Waals surface area (Å²) in [5.74, 6) is -0.0365. The smallest absolute Gasteiger partial charge is 0.268 e. The number of hydrogen-bond donors (Lipinski definition) is 1. The maximum Gasteiger partial charge on any atom is 0.268 e. The molecule has 0 spiro atoms. The van der Waals surface area contributed by atoms with Crippen LogP contribution in [0.4, 0.5) is 0 Å². The number of carbonyl (C=O) groups is 1. The SMILES string of the molecule is C=C(C)c1ccc2c(c1)cc(C(=O)NC(C)C)n2C. The number of fused-ring (bicyclic) bond motifs is 1. The molecule has 19 heavy (non-hydrogen) atoms. The summed E-state index contributed by atoms with van der Waals surface area (Å²) in [4.78, 5) is 12.1. The Morgan fingerprint density at radius 2 is 2.00 bits per heavy atom. The van der Waals surface area contributed by atoms with Crippen LogP contribution in [0, 0.1) is 0 Å². The minimum atomic E-state index is -0.0365. The summed E-state index contributed by atoms with van der Waals surface area (Å²) in [5.41, 5.74) is 3.87. The summed E-state index contributed by atoms with van der Waals surface area (Å²) in [6, 6.07) is 8.21. The molecule has 3 nitrogen and oxygen atoms in total. The average Bonchev–Trinajstić information content (AvgIpc) is 2.65. The lowest BCUT2D eigenvalue weighted by Crippen LogP contribution is -2.31. The molecule has 1 aromatic carbocycles. The topological polar surface area (TPSA) is 34.0 Å². The first-order valence-electron chi connectivity index (χ1n) is 6.46. The van der Waals surface area contributed by atoms with E-state index in [1.54, 1.807) is 0 Å². The van der Waals surface area contributed by atoms with E-state index in [4.69, 9.17) is 0 Å². The van der Waals surface area contributed by atoms with Gasteiger partial charge in [-0.1, -0.05) is 18.2 Å². The van der Waals surface area contributed by atoms with Crippen molar-refractivity contribution < 1.29 is 4.79 Å². The van der Waals surface area contributed by atoms with Gasteiger partial charge in [-0.15, -0.1) is 0 Å². The van der Waals surface area contributed by atoms with E-state index < -0.39 is 0 Å². The third-order valence-corrected chi connectivity index (χ3v) is 3.19. The summed E-state index contributed by atoms with van der Waals surface area (Å²) in [7, 11) is 1.91. The fourth-order valence-corrected chi connectivity index (χ4v) is 2.17. The lowest BCUT2D eigenvalue weighted by atomic mass is 10.1. The number of nitrogens with zero attached hydrogens (tertiary/aromatic N) is 1. The van der Waals surface area contributed by atoms with Gasteiger partial charge >= 0.3 is 0 Å². The quantitative estimate of drug-likeness (QED) is 0.897. The van der Waals surface area contributed by atoms with Gasteiger partial charge in [0.05, 0.1) is 0 Å². The van der Waals surface area contributed by atoms with Crippen molar-refractivity contribution in [3.8, 4) is 0 Å². The Kier molecular flexibility index (Phi) is 3.47. The van der Waals surface area contributed by atoms with Crippen LogP contribution in [0.2, 0.25) is 0 Å².